The molecule has 0 atom stereocenters. The Labute approximate surface area is 110 Å². The first kappa shape index (κ1) is 11.0. The maximum atomic E-state index is 6.14. The highest BCUT2D eigenvalue weighted by Gasteiger charge is 2.07. The highest BCUT2D eigenvalue weighted by atomic mass is 35.5. The molecule has 3 rings (SSSR count). The van der Waals surface area contributed by atoms with Crippen LogP contribution in [0, 0.1) is 0 Å². The summed E-state index contributed by atoms with van der Waals surface area (Å²) in [6.45, 7) is 0. The minimum atomic E-state index is 0.611. The van der Waals surface area contributed by atoms with Gasteiger partial charge < -0.3 is 16.0 Å². The standard InChI is InChI=1S/C14H12ClN3/c15-10-5-3-6-11(16)14(10)18-13-8-17-12-7-2-1-4-9(12)13/h1-8,17-18H,16H2. The summed E-state index contributed by atoms with van der Waals surface area (Å²) in [5.41, 5.74) is 9.33. The molecule has 2 aromatic carbocycles. The van der Waals surface area contributed by atoms with Gasteiger partial charge in [0.05, 0.1) is 22.1 Å². The molecule has 4 heteroatoms. The SMILES string of the molecule is Nc1cccc(Cl)c1Nc1c[nH]c2ccccc12. The molecule has 1 aromatic heterocycles. The first-order valence-corrected chi connectivity index (χ1v) is 6.00. The lowest BCUT2D eigenvalue weighted by atomic mass is 10.2. The molecule has 0 aliphatic heterocycles. The normalized spacial score (nSPS) is 10.7. The Bertz CT molecular complexity index is 683. The topological polar surface area (TPSA) is 53.8 Å². The minimum absolute atomic E-state index is 0.611. The summed E-state index contributed by atoms with van der Waals surface area (Å²) in [5.74, 6) is 0. The van der Waals surface area contributed by atoms with Crippen molar-refractivity contribution in [1.29, 1.82) is 0 Å². The fraction of sp³-hybridized carbons (Fsp3) is 0. The Balaban J connectivity index is 2.07. The van der Waals surface area contributed by atoms with Crippen LogP contribution in [0.2, 0.25) is 5.02 Å². The quantitative estimate of drug-likeness (QED) is 0.604. The number of nitrogen functional groups attached to an aromatic ring is 1. The van der Waals surface area contributed by atoms with Gasteiger partial charge in [-0.05, 0) is 18.2 Å². The molecule has 0 unspecified atom stereocenters. The summed E-state index contributed by atoms with van der Waals surface area (Å²) in [5, 5.41) is 4.99. The molecule has 0 fully saturated rings. The van der Waals surface area contributed by atoms with E-state index in [2.05, 4.69) is 10.3 Å². The van der Waals surface area contributed by atoms with E-state index in [1.54, 1.807) is 0 Å². The van der Waals surface area contributed by atoms with Gasteiger partial charge >= 0.3 is 0 Å². The number of nitrogens with one attached hydrogen (secondary N) is 2. The number of rotatable bonds is 2. The van der Waals surface area contributed by atoms with E-state index in [9.17, 15) is 0 Å². The van der Waals surface area contributed by atoms with Gasteiger partial charge in [0.15, 0.2) is 0 Å². The third-order valence-electron chi connectivity index (χ3n) is 2.89. The van der Waals surface area contributed by atoms with Crippen molar-refractivity contribution in [3.63, 3.8) is 0 Å². The molecule has 0 bridgehead atoms. The molecule has 18 heavy (non-hydrogen) atoms. The molecule has 0 aliphatic rings. The van der Waals surface area contributed by atoms with Gasteiger partial charge in [0.1, 0.15) is 0 Å². The molecule has 3 aromatic rings. The zero-order valence-electron chi connectivity index (χ0n) is 9.57. The zero-order chi connectivity index (χ0) is 12.5. The second-order valence-corrected chi connectivity index (χ2v) is 4.48. The molecule has 0 spiro atoms. The van der Waals surface area contributed by atoms with Crippen molar-refractivity contribution in [2.45, 2.75) is 0 Å². The van der Waals surface area contributed by atoms with E-state index in [0.717, 1.165) is 22.3 Å². The molecule has 0 aliphatic carbocycles. The highest BCUT2D eigenvalue weighted by Crippen LogP contribution is 2.33. The van der Waals surface area contributed by atoms with Crippen LogP contribution in [-0.2, 0) is 0 Å². The van der Waals surface area contributed by atoms with Crippen LogP contribution in [0.4, 0.5) is 17.1 Å². The van der Waals surface area contributed by atoms with Crippen LogP contribution in [0.25, 0.3) is 10.9 Å². The van der Waals surface area contributed by atoms with Gasteiger partial charge in [0, 0.05) is 17.1 Å². The summed E-state index contributed by atoms with van der Waals surface area (Å²) >= 11 is 6.14. The Morgan fingerprint density at radius 3 is 2.72 bits per heavy atom. The van der Waals surface area contributed by atoms with Gasteiger partial charge in [-0.15, -0.1) is 0 Å². The van der Waals surface area contributed by atoms with Crippen LogP contribution in [0.15, 0.2) is 48.7 Å². The van der Waals surface area contributed by atoms with Gasteiger partial charge in [0.25, 0.3) is 0 Å². The van der Waals surface area contributed by atoms with Crippen molar-refractivity contribution in [2.75, 3.05) is 11.1 Å². The smallest absolute Gasteiger partial charge is 0.0807 e. The van der Waals surface area contributed by atoms with E-state index >= 15 is 0 Å². The third kappa shape index (κ3) is 1.79. The number of nitrogens with two attached hydrogens (primary N) is 1. The largest absolute Gasteiger partial charge is 0.397 e. The van der Waals surface area contributed by atoms with Gasteiger partial charge in [-0.3, -0.25) is 0 Å². The number of fused-ring (bicyclic) bond motifs is 1. The summed E-state index contributed by atoms with van der Waals surface area (Å²) in [6, 6.07) is 13.5. The molecule has 90 valence electrons. The minimum Gasteiger partial charge on any atom is -0.397 e. The van der Waals surface area contributed by atoms with E-state index in [-0.39, 0.29) is 0 Å². The summed E-state index contributed by atoms with van der Waals surface area (Å²) in [4.78, 5) is 3.20. The maximum Gasteiger partial charge on any atom is 0.0807 e. The summed E-state index contributed by atoms with van der Waals surface area (Å²) < 4.78 is 0. The molecule has 3 nitrogen and oxygen atoms in total. The Kier molecular flexibility index (Phi) is 2.61. The molecule has 0 amide bonds. The number of anilines is 3. The van der Waals surface area contributed by atoms with E-state index < -0.39 is 0 Å². The number of para-hydroxylation sites is 2. The van der Waals surface area contributed by atoms with Crippen molar-refractivity contribution in [1.82, 2.24) is 4.98 Å². The lowest BCUT2D eigenvalue weighted by Crippen LogP contribution is -1.96. The van der Waals surface area contributed by atoms with Gasteiger partial charge in [-0.25, -0.2) is 0 Å². The van der Waals surface area contributed by atoms with Crippen LogP contribution < -0.4 is 11.1 Å². The summed E-state index contributed by atoms with van der Waals surface area (Å²) in [6.07, 6.45) is 1.91. The monoisotopic (exact) mass is 257 g/mol. The van der Waals surface area contributed by atoms with Crippen molar-refractivity contribution in [2.24, 2.45) is 0 Å². The van der Waals surface area contributed by atoms with Crippen molar-refractivity contribution >= 4 is 39.6 Å². The number of H-pyrrole nitrogens is 1. The molecular weight excluding hydrogens is 246 g/mol. The fourth-order valence-corrected chi connectivity index (χ4v) is 2.21. The van der Waals surface area contributed by atoms with Crippen LogP contribution >= 0.6 is 11.6 Å². The molecule has 0 saturated carbocycles. The van der Waals surface area contributed by atoms with Crippen LogP contribution in [0.1, 0.15) is 0 Å². The zero-order valence-corrected chi connectivity index (χ0v) is 10.3. The lowest BCUT2D eigenvalue weighted by Gasteiger charge is -2.10. The average Bonchev–Trinajstić information content (AvgIpc) is 2.77. The molecular formula is C14H12ClN3. The van der Waals surface area contributed by atoms with Gasteiger partial charge in [-0.2, -0.15) is 0 Å². The van der Waals surface area contributed by atoms with Crippen molar-refractivity contribution in [3.05, 3.63) is 53.7 Å². The lowest BCUT2D eigenvalue weighted by molar-refractivity contribution is 1.46. The molecule has 4 N–H and O–H groups in total. The predicted molar refractivity (Wildman–Crippen MR) is 77.4 cm³/mol. The Morgan fingerprint density at radius 2 is 1.89 bits per heavy atom. The highest BCUT2D eigenvalue weighted by molar-refractivity contribution is 6.34. The first-order chi connectivity index (χ1) is 8.75. The van der Waals surface area contributed by atoms with E-state index in [4.69, 9.17) is 17.3 Å². The number of aromatic amines is 1. The van der Waals surface area contributed by atoms with Crippen molar-refractivity contribution < 1.29 is 0 Å². The van der Waals surface area contributed by atoms with Gasteiger partial charge in [0.2, 0.25) is 0 Å². The number of benzene rings is 2. The number of halogens is 1. The first-order valence-electron chi connectivity index (χ1n) is 5.63. The third-order valence-corrected chi connectivity index (χ3v) is 3.21. The summed E-state index contributed by atoms with van der Waals surface area (Å²) in [7, 11) is 0. The Hall–Kier alpha value is -2.13. The predicted octanol–water partition coefficient (Wildman–Crippen LogP) is 4.15. The number of hydrogen-bond acceptors (Lipinski definition) is 2. The fourth-order valence-electron chi connectivity index (χ4n) is 1.98. The van der Waals surface area contributed by atoms with Crippen LogP contribution in [0.3, 0.4) is 0 Å². The average molecular weight is 258 g/mol. The number of aromatic nitrogens is 1. The van der Waals surface area contributed by atoms with E-state index in [1.807, 2.05) is 48.7 Å². The molecule has 0 saturated heterocycles. The second-order valence-electron chi connectivity index (χ2n) is 4.08. The molecule has 1 heterocycles. The van der Waals surface area contributed by atoms with Crippen LogP contribution in [0.5, 0.6) is 0 Å². The Morgan fingerprint density at radius 1 is 1.06 bits per heavy atom. The van der Waals surface area contributed by atoms with E-state index in [1.165, 1.54) is 0 Å². The van der Waals surface area contributed by atoms with Crippen LogP contribution in [-0.4, -0.2) is 4.98 Å². The number of hydrogen-bond donors (Lipinski definition) is 3. The molecule has 0 radical (unpaired) electrons. The maximum absolute atomic E-state index is 6.14. The second kappa shape index (κ2) is 4.27. The van der Waals surface area contributed by atoms with E-state index in [0.29, 0.717) is 10.7 Å². The van der Waals surface area contributed by atoms with Gasteiger partial charge in [-0.1, -0.05) is 35.9 Å². The van der Waals surface area contributed by atoms with Crippen molar-refractivity contribution in [3.8, 4) is 0 Å².